The average molecular weight is 330 g/mol. The van der Waals surface area contributed by atoms with Crippen LogP contribution in [-0.2, 0) is 27.1 Å². The normalized spacial score (nSPS) is 11.2. The molecule has 8 heteroatoms. The highest BCUT2D eigenvalue weighted by atomic mass is 35.5. The lowest BCUT2D eigenvalue weighted by Crippen LogP contribution is -2.37. The molecule has 0 atom stereocenters. The Kier molecular flexibility index (Phi) is 5.96. The van der Waals surface area contributed by atoms with E-state index in [0.29, 0.717) is 11.2 Å². The van der Waals surface area contributed by atoms with Crippen LogP contribution in [0, 0.1) is 0 Å². The van der Waals surface area contributed by atoms with Crippen LogP contribution in [0.2, 0.25) is 0 Å². The van der Waals surface area contributed by atoms with Crippen LogP contribution < -0.4 is 11.2 Å². The SMILES string of the molecule is CCc1nc2c(c(=O)n(C)c(=O)n2C)n1CCCN(C)C.Cl. The zero-order valence-corrected chi connectivity index (χ0v) is 14.6. The van der Waals surface area contributed by atoms with Crippen LogP contribution in [0.3, 0.4) is 0 Å². The van der Waals surface area contributed by atoms with Crippen molar-refractivity contribution in [2.45, 2.75) is 26.3 Å². The molecule has 0 amide bonds. The van der Waals surface area contributed by atoms with Crippen LogP contribution in [0.25, 0.3) is 11.2 Å². The summed E-state index contributed by atoms with van der Waals surface area (Å²) in [5, 5.41) is 0. The highest BCUT2D eigenvalue weighted by molar-refractivity contribution is 5.85. The lowest BCUT2D eigenvalue weighted by molar-refractivity contribution is 0.386. The first-order valence-electron chi connectivity index (χ1n) is 7.18. The summed E-state index contributed by atoms with van der Waals surface area (Å²) in [6.07, 6.45) is 1.66. The summed E-state index contributed by atoms with van der Waals surface area (Å²) in [4.78, 5) is 31.0. The van der Waals surface area contributed by atoms with Crippen LogP contribution >= 0.6 is 12.4 Å². The maximum atomic E-state index is 12.4. The molecule has 0 aliphatic heterocycles. The third-order valence-corrected chi connectivity index (χ3v) is 3.73. The monoisotopic (exact) mass is 329 g/mol. The topological polar surface area (TPSA) is 65.1 Å². The summed E-state index contributed by atoms with van der Waals surface area (Å²) < 4.78 is 4.55. The first-order valence-corrected chi connectivity index (χ1v) is 7.18. The van der Waals surface area contributed by atoms with Crippen LogP contribution in [0.1, 0.15) is 19.2 Å². The van der Waals surface area contributed by atoms with E-state index >= 15 is 0 Å². The average Bonchev–Trinajstić information content (AvgIpc) is 2.81. The lowest BCUT2D eigenvalue weighted by atomic mass is 10.3. The second-order valence-electron chi connectivity index (χ2n) is 5.57. The zero-order chi connectivity index (χ0) is 15.7. The van der Waals surface area contributed by atoms with Gasteiger partial charge in [-0.15, -0.1) is 12.4 Å². The molecule has 0 bridgehead atoms. The number of halogens is 1. The standard InChI is InChI=1S/C14H23N5O2.ClH/c1-6-10-15-12-11(19(10)9-7-8-16(2)3)13(20)18(5)14(21)17(12)4;/h6-9H2,1-5H3;1H. The summed E-state index contributed by atoms with van der Waals surface area (Å²) in [6.45, 7) is 3.67. The molecule has 2 aromatic heterocycles. The van der Waals surface area contributed by atoms with Crippen molar-refractivity contribution in [3.8, 4) is 0 Å². The van der Waals surface area contributed by atoms with Gasteiger partial charge in [0.15, 0.2) is 11.2 Å². The second kappa shape index (κ2) is 7.11. The number of aromatic nitrogens is 4. The molecule has 2 aromatic rings. The Morgan fingerprint density at radius 3 is 2.32 bits per heavy atom. The van der Waals surface area contributed by atoms with Gasteiger partial charge in [-0.1, -0.05) is 6.92 Å². The van der Waals surface area contributed by atoms with Crippen molar-refractivity contribution in [2.24, 2.45) is 14.1 Å². The Morgan fingerprint density at radius 1 is 1.14 bits per heavy atom. The third kappa shape index (κ3) is 3.10. The van der Waals surface area contributed by atoms with Crippen molar-refractivity contribution in [2.75, 3.05) is 20.6 Å². The lowest BCUT2D eigenvalue weighted by Gasteiger charge is -2.12. The molecule has 2 heterocycles. The van der Waals surface area contributed by atoms with Crippen molar-refractivity contribution >= 4 is 23.6 Å². The first-order chi connectivity index (χ1) is 9.88. The molecule has 0 N–H and O–H groups in total. The molecule has 2 rings (SSSR count). The number of imidazole rings is 1. The molecule has 0 saturated heterocycles. The number of hydrogen-bond acceptors (Lipinski definition) is 4. The molecule has 0 saturated carbocycles. The molecule has 7 nitrogen and oxygen atoms in total. The van der Waals surface area contributed by atoms with Gasteiger partial charge in [0.25, 0.3) is 5.56 Å². The summed E-state index contributed by atoms with van der Waals surface area (Å²) in [6, 6.07) is 0. The minimum atomic E-state index is -0.340. The van der Waals surface area contributed by atoms with E-state index in [1.54, 1.807) is 7.05 Å². The molecule has 22 heavy (non-hydrogen) atoms. The van der Waals surface area contributed by atoms with Gasteiger partial charge < -0.3 is 9.47 Å². The van der Waals surface area contributed by atoms with E-state index in [-0.39, 0.29) is 23.7 Å². The molecule has 0 aliphatic rings. The van der Waals surface area contributed by atoms with E-state index in [1.807, 2.05) is 25.6 Å². The fourth-order valence-electron chi connectivity index (χ4n) is 2.55. The summed E-state index contributed by atoms with van der Waals surface area (Å²) in [5.41, 5.74) is 0.387. The van der Waals surface area contributed by atoms with E-state index in [0.717, 1.165) is 36.3 Å². The Balaban J connectivity index is 0.00000242. The van der Waals surface area contributed by atoms with Gasteiger partial charge in [0, 0.05) is 27.1 Å². The molecule has 0 unspecified atom stereocenters. The second-order valence-corrected chi connectivity index (χ2v) is 5.57. The smallest absolute Gasteiger partial charge is 0.322 e. The predicted octanol–water partition coefficient (Wildman–Crippen LogP) is 0.370. The van der Waals surface area contributed by atoms with Gasteiger partial charge in [0.05, 0.1) is 0 Å². The summed E-state index contributed by atoms with van der Waals surface area (Å²) in [7, 11) is 7.21. The van der Waals surface area contributed by atoms with Crippen molar-refractivity contribution in [3.63, 3.8) is 0 Å². The van der Waals surface area contributed by atoms with E-state index < -0.39 is 0 Å². The molecule has 0 radical (unpaired) electrons. The highest BCUT2D eigenvalue weighted by Crippen LogP contribution is 2.12. The summed E-state index contributed by atoms with van der Waals surface area (Å²) in [5.74, 6) is 0.849. The fourth-order valence-corrected chi connectivity index (χ4v) is 2.55. The van der Waals surface area contributed by atoms with E-state index in [2.05, 4.69) is 9.88 Å². The third-order valence-electron chi connectivity index (χ3n) is 3.73. The van der Waals surface area contributed by atoms with Crippen LogP contribution in [0.4, 0.5) is 0 Å². The van der Waals surface area contributed by atoms with E-state index in [4.69, 9.17) is 0 Å². The van der Waals surface area contributed by atoms with Crippen molar-refractivity contribution in [3.05, 3.63) is 26.7 Å². The number of aryl methyl sites for hydroxylation is 3. The van der Waals surface area contributed by atoms with Gasteiger partial charge in [-0.05, 0) is 27.1 Å². The Bertz CT molecular complexity index is 772. The maximum Gasteiger partial charge on any atom is 0.332 e. The van der Waals surface area contributed by atoms with Crippen molar-refractivity contribution in [1.82, 2.24) is 23.6 Å². The van der Waals surface area contributed by atoms with Gasteiger partial charge in [0.1, 0.15) is 5.82 Å². The van der Waals surface area contributed by atoms with Gasteiger partial charge in [-0.25, -0.2) is 9.78 Å². The van der Waals surface area contributed by atoms with Crippen LogP contribution in [-0.4, -0.2) is 44.2 Å². The minimum absolute atomic E-state index is 0. The van der Waals surface area contributed by atoms with Crippen LogP contribution in [0.15, 0.2) is 9.59 Å². The number of fused-ring (bicyclic) bond motifs is 1. The van der Waals surface area contributed by atoms with E-state index in [1.165, 1.54) is 11.6 Å². The zero-order valence-electron chi connectivity index (χ0n) is 13.8. The maximum absolute atomic E-state index is 12.4. The Labute approximate surface area is 135 Å². The Hall–Kier alpha value is -1.60. The van der Waals surface area contributed by atoms with Gasteiger partial charge in [-0.2, -0.15) is 0 Å². The largest absolute Gasteiger partial charge is 0.332 e. The minimum Gasteiger partial charge on any atom is -0.322 e. The van der Waals surface area contributed by atoms with E-state index in [9.17, 15) is 9.59 Å². The van der Waals surface area contributed by atoms with Gasteiger partial charge in [0.2, 0.25) is 0 Å². The number of rotatable bonds is 5. The molecular formula is C14H24ClN5O2. The van der Waals surface area contributed by atoms with Gasteiger partial charge >= 0.3 is 5.69 Å². The molecule has 0 aromatic carbocycles. The molecule has 124 valence electrons. The molecule has 0 aliphatic carbocycles. The van der Waals surface area contributed by atoms with Gasteiger partial charge in [-0.3, -0.25) is 13.9 Å². The summed E-state index contributed by atoms with van der Waals surface area (Å²) >= 11 is 0. The van der Waals surface area contributed by atoms with Crippen molar-refractivity contribution in [1.29, 1.82) is 0 Å². The van der Waals surface area contributed by atoms with Crippen molar-refractivity contribution < 1.29 is 0 Å². The fraction of sp³-hybridized carbons (Fsp3) is 0.643. The molecular weight excluding hydrogens is 306 g/mol. The highest BCUT2D eigenvalue weighted by Gasteiger charge is 2.17. The number of nitrogens with zero attached hydrogens (tertiary/aromatic N) is 5. The van der Waals surface area contributed by atoms with Crippen LogP contribution in [0.5, 0.6) is 0 Å². The predicted molar refractivity (Wildman–Crippen MR) is 90.0 cm³/mol. The molecule has 0 spiro atoms. The Morgan fingerprint density at radius 2 is 1.77 bits per heavy atom. The molecule has 0 fully saturated rings. The number of hydrogen-bond donors (Lipinski definition) is 0. The first kappa shape index (κ1) is 18.4. The quantitative estimate of drug-likeness (QED) is 0.795.